The van der Waals surface area contributed by atoms with Crippen LogP contribution >= 0.6 is 0 Å². The molecule has 0 bridgehead atoms. The molecule has 37 heavy (non-hydrogen) atoms. The Morgan fingerprint density at radius 2 is 1.97 bits per heavy atom. The summed E-state index contributed by atoms with van der Waals surface area (Å²) in [5, 5.41) is 4.36. The van der Waals surface area contributed by atoms with E-state index < -0.39 is 12.1 Å². The highest BCUT2D eigenvalue weighted by Gasteiger charge is 2.39. The van der Waals surface area contributed by atoms with Crippen molar-refractivity contribution < 1.29 is 27.1 Å². The number of nitrogen functional groups attached to an aromatic ring is 1. The van der Waals surface area contributed by atoms with Crippen LogP contribution in [0.3, 0.4) is 0 Å². The molecule has 4 N–H and O–H groups in total. The van der Waals surface area contributed by atoms with Crippen molar-refractivity contribution in [3.63, 3.8) is 0 Å². The molecule has 4 heterocycles. The summed E-state index contributed by atoms with van der Waals surface area (Å²) in [6.45, 7) is 2.70. The van der Waals surface area contributed by atoms with Crippen LogP contribution in [0, 0.1) is 11.7 Å². The van der Waals surface area contributed by atoms with Crippen molar-refractivity contribution in [2.45, 2.75) is 43.9 Å². The highest BCUT2D eigenvalue weighted by atomic mass is 19.4. The number of fused-ring (bicyclic) bond motifs is 5. The lowest BCUT2D eigenvalue weighted by molar-refractivity contribution is -0.274. The molecule has 6 rings (SSSR count). The number of pyridine rings is 1. The monoisotopic (exact) mass is 517 g/mol. The fraction of sp³-hybridized carbons (Fsp3) is 0.462. The fourth-order valence-corrected chi connectivity index (χ4v) is 6.42. The van der Waals surface area contributed by atoms with Gasteiger partial charge < -0.3 is 25.7 Å². The number of aromatic amines is 1. The van der Waals surface area contributed by atoms with E-state index in [9.17, 15) is 18.0 Å². The van der Waals surface area contributed by atoms with Gasteiger partial charge in [-0.05, 0) is 68.3 Å². The molecule has 2 atom stereocenters. The zero-order valence-corrected chi connectivity index (χ0v) is 20.0. The number of carbonyl (C=O) groups excluding carboxylic acids is 1. The number of nitrogens with two attached hydrogens (primary N) is 1. The minimum atomic E-state index is -4.85. The van der Waals surface area contributed by atoms with E-state index in [1.54, 1.807) is 4.90 Å². The lowest BCUT2D eigenvalue weighted by Gasteiger charge is -2.33. The number of rotatable bonds is 3. The minimum Gasteiger partial charge on any atom is -0.406 e. The molecule has 196 valence electrons. The summed E-state index contributed by atoms with van der Waals surface area (Å²) in [5.74, 6) is -0.291. The second kappa shape index (κ2) is 8.90. The predicted octanol–water partition coefficient (Wildman–Crippen LogP) is 4.45. The van der Waals surface area contributed by atoms with Crippen LogP contribution in [0.1, 0.15) is 58.3 Å². The Labute approximate surface area is 210 Å². The number of amides is 1. The van der Waals surface area contributed by atoms with Crippen LogP contribution in [0.15, 0.2) is 24.4 Å². The first-order chi connectivity index (χ1) is 17.7. The van der Waals surface area contributed by atoms with E-state index in [2.05, 4.69) is 20.0 Å². The Bertz CT molecular complexity index is 1360. The first-order valence-corrected chi connectivity index (χ1v) is 12.5. The van der Waals surface area contributed by atoms with Crippen LogP contribution in [0.2, 0.25) is 0 Å². The Morgan fingerprint density at radius 1 is 1.19 bits per heavy atom. The Morgan fingerprint density at radius 3 is 2.70 bits per heavy atom. The maximum absolute atomic E-state index is 15.3. The van der Waals surface area contributed by atoms with Crippen LogP contribution in [-0.4, -0.2) is 53.3 Å². The molecule has 2 fully saturated rings. The molecular formula is C26H27F4N5O2. The Balaban J connectivity index is 1.21. The normalized spacial score (nSPS) is 22.2. The smallest absolute Gasteiger partial charge is 0.406 e. The van der Waals surface area contributed by atoms with Crippen LogP contribution in [0.4, 0.5) is 23.2 Å². The SMILES string of the molecule is Nc1cc(OC(F)(F)F)ccc1C(=O)N1CCC(c2c(F)cnc3[nH]c4c(c23)C[C@H]2CNCC[C@H]42)CC1. The van der Waals surface area contributed by atoms with E-state index in [4.69, 9.17) is 5.73 Å². The maximum Gasteiger partial charge on any atom is 0.573 e. The summed E-state index contributed by atoms with van der Waals surface area (Å²) < 4.78 is 56.6. The lowest BCUT2D eigenvalue weighted by Crippen LogP contribution is -2.38. The number of piperidine rings is 2. The Kier molecular flexibility index (Phi) is 5.78. The van der Waals surface area contributed by atoms with Crippen molar-refractivity contribution in [1.29, 1.82) is 0 Å². The van der Waals surface area contributed by atoms with Gasteiger partial charge in [0.15, 0.2) is 0 Å². The molecule has 2 saturated heterocycles. The number of carbonyl (C=O) groups is 1. The number of nitrogens with zero attached hydrogens (tertiary/aromatic N) is 2. The highest BCUT2D eigenvalue weighted by molar-refractivity contribution is 5.99. The molecule has 3 aliphatic rings. The van der Waals surface area contributed by atoms with Gasteiger partial charge in [-0.1, -0.05) is 0 Å². The average Bonchev–Trinajstić information content (AvgIpc) is 3.39. The van der Waals surface area contributed by atoms with Gasteiger partial charge in [0.2, 0.25) is 0 Å². The average molecular weight is 518 g/mol. The third kappa shape index (κ3) is 4.28. The number of H-pyrrole nitrogens is 1. The number of alkyl halides is 3. The van der Waals surface area contributed by atoms with Crippen LogP contribution in [0.25, 0.3) is 11.0 Å². The number of anilines is 1. The molecule has 2 aromatic heterocycles. The third-order valence-corrected chi connectivity index (χ3v) is 8.07. The molecule has 3 aromatic rings. The number of aromatic nitrogens is 2. The van der Waals surface area contributed by atoms with E-state index in [-0.39, 0.29) is 28.9 Å². The van der Waals surface area contributed by atoms with Crippen molar-refractivity contribution in [1.82, 2.24) is 20.2 Å². The fourth-order valence-electron chi connectivity index (χ4n) is 6.42. The van der Waals surface area contributed by atoms with Gasteiger partial charge in [0, 0.05) is 47.4 Å². The number of ether oxygens (including phenoxy) is 1. The van der Waals surface area contributed by atoms with Gasteiger partial charge in [-0.3, -0.25) is 4.79 Å². The zero-order valence-electron chi connectivity index (χ0n) is 20.0. The summed E-state index contributed by atoms with van der Waals surface area (Å²) in [6, 6.07) is 3.32. The standard InChI is InChI=1S/C26H27F4N5O2/c27-19-12-33-24-22(18-9-14-11-32-6-3-16(14)23(18)34-24)21(19)13-4-7-35(8-5-13)25(36)17-2-1-15(10-20(17)31)37-26(28,29)30/h1-2,10,12-14,16,32H,3-9,11,31H2,(H,33,34)/t14-,16-/m0/s1. The molecule has 1 amide bonds. The van der Waals surface area contributed by atoms with E-state index in [1.165, 1.54) is 23.5 Å². The van der Waals surface area contributed by atoms with Crippen molar-refractivity contribution >= 4 is 22.6 Å². The summed E-state index contributed by atoms with van der Waals surface area (Å²) in [4.78, 5) is 22.5. The van der Waals surface area contributed by atoms with E-state index in [1.807, 2.05) is 0 Å². The van der Waals surface area contributed by atoms with Crippen molar-refractivity contribution in [2.24, 2.45) is 5.92 Å². The Hall–Kier alpha value is -3.34. The molecular weight excluding hydrogens is 490 g/mol. The summed E-state index contributed by atoms with van der Waals surface area (Å²) >= 11 is 0. The maximum atomic E-state index is 15.3. The lowest BCUT2D eigenvalue weighted by atomic mass is 9.86. The molecule has 1 aromatic carbocycles. The molecule has 0 radical (unpaired) electrons. The first-order valence-electron chi connectivity index (χ1n) is 12.5. The van der Waals surface area contributed by atoms with E-state index in [0.717, 1.165) is 49.1 Å². The van der Waals surface area contributed by atoms with Crippen LogP contribution in [0.5, 0.6) is 5.75 Å². The largest absolute Gasteiger partial charge is 0.573 e. The van der Waals surface area contributed by atoms with Gasteiger partial charge in [0.1, 0.15) is 17.2 Å². The second-order valence-corrected chi connectivity index (χ2v) is 10.2. The molecule has 1 aliphatic carbocycles. The second-order valence-electron chi connectivity index (χ2n) is 10.2. The predicted molar refractivity (Wildman–Crippen MR) is 129 cm³/mol. The quantitative estimate of drug-likeness (QED) is 0.352. The third-order valence-electron chi connectivity index (χ3n) is 8.07. The zero-order chi connectivity index (χ0) is 25.9. The van der Waals surface area contributed by atoms with Gasteiger partial charge in [0.05, 0.1) is 11.8 Å². The van der Waals surface area contributed by atoms with Crippen molar-refractivity contribution in [3.05, 3.63) is 52.6 Å². The molecule has 2 aliphatic heterocycles. The van der Waals surface area contributed by atoms with Gasteiger partial charge in [-0.25, -0.2) is 9.37 Å². The number of likely N-dealkylation sites (tertiary alicyclic amines) is 1. The number of nitrogens with one attached hydrogen (secondary N) is 2. The number of hydrogen-bond acceptors (Lipinski definition) is 5. The number of benzene rings is 1. The summed E-state index contributed by atoms with van der Waals surface area (Å²) in [6.07, 6.45) is -0.490. The molecule has 11 heteroatoms. The first kappa shape index (κ1) is 24.0. The summed E-state index contributed by atoms with van der Waals surface area (Å²) in [5.41, 5.74) is 9.69. The van der Waals surface area contributed by atoms with E-state index in [0.29, 0.717) is 43.3 Å². The van der Waals surface area contributed by atoms with E-state index >= 15 is 4.39 Å². The molecule has 7 nitrogen and oxygen atoms in total. The van der Waals surface area contributed by atoms with Crippen molar-refractivity contribution in [2.75, 3.05) is 31.9 Å². The van der Waals surface area contributed by atoms with Crippen LogP contribution in [-0.2, 0) is 6.42 Å². The minimum absolute atomic E-state index is 0.0740. The van der Waals surface area contributed by atoms with Gasteiger partial charge in [0.25, 0.3) is 5.91 Å². The van der Waals surface area contributed by atoms with Gasteiger partial charge in [-0.2, -0.15) is 0 Å². The topological polar surface area (TPSA) is 96.3 Å². The molecule has 0 spiro atoms. The number of hydrogen-bond donors (Lipinski definition) is 3. The summed E-state index contributed by atoms with van der Waals surface area (Å²) in [7, 11) is 0. The molecule has 0 unspecified atom stereocenters. The molecule has 0 saturated carbocycles. The number of halogens is 4. The van der Waals surface area contributed by atoms with Crippen LogP contribution < -0.4 is 15.8 Å². The van der Waals surface area contributed by atoms with Gasteiger partial charge in [-0.15, -0.1) is 13.2 Å². The van der Waals surface area contributed by atoms with Gasteiger partial charge >= 0.3 is 6.36 Å². The highest BCUT2D eigenvalue weighted by Crippen LogP contribution is 2.47. The van der Waals surface area contributed by atoms with Crippen molar-refractivity contribution in [3.8, 4) is 5.75 Å².